The summed E-state index contributed by atoms with van der Waals surface area (Å²) in [5.41, 5.74) is -0.126. The summed E-state index contributed by atoms with van der Waals surface area (Å²) in [5.74, 6) is -2.01. The van der Waals surface area contributed by atoms with Crippen LogP contribution in [-0.4, -0.2) is 38.3 Å². The molecule has 0 heterocycles. The summed E-state index contributed by atoms with van der Waals surface area (Å²) >= 11 is 1.93. The van der Waals surface area contributed by atoms with Crippen LogP contribution >= 0.6 is 22.6 Å². The number of carbonyl (C=O) groups is 2. The minimum absolute atomic E-state index is 0.000911. The summed E-state index contributed by atoms with van der Waals surface area (Å²) in [6.07, 6.45) is 0.0741. The van der Waals surface area contributed by atoms with Crippen molar-refractivity contribution in [2.75, 3.05) is 17.6 Å². The normalized spacial score (nSPS) is 11.0. The number of nitrogens with one attached hydrogen (secondary N) is 1. The van der Waals surface area contributed by atoms with E-state index in [4.69, 9.17) is 5.11 Å². The molecule has 0 saturated heterocycles. The molecule has 0 bridgehead atoms. The molecule has 9 heteroatoms. The number of rotatable bonds is 7. The molecule has 0 aliphatic carbocycles. The molecule has 116 valence electrons. The van der Waals surface area contributed by atoms with Crippen LogP contribution in [0.3, 0.4) is 0 Å². The first kappa shape index (κ1) is 17.7. The van der Waals surface area contributed by atoms with Crippen molar-refractivity contribution in [1.29, 1.82) is 0 Å². The van der Waals surface area contributed by atoms with Crippen LogP contribution in [-0.2, 0) is 19.6 Å². The number of carbonyl (C=O) groups excluding carboxylic acids is 1. The fourth-order valence-corrected chi connectivity index (χ4v) is 3.14. The highest BCUT2D eigenvalue weighted by molar-refractivity contribution is 14.1. The van der Waals surface area contributed by atoms with Gasteiger partial charge in [-0.2, -0.15) is 0 Å². The van der Waals surface area contributed by atoms with Crippen molar-refractivity contribution in [3.63, 3.8) is 0 Å². The monoisotopic (exact) mass is 427 g/mol. The lowest BCUT2D eigenvalue weighted by Crippen LogP contribution is -2.19. The summed E-state index contributed by atoms with van der Waals surface area (Å²) in [4.78, 5) is 22.0. The molecular formula is C12H14INO6S. The third-order valence-electron chi connectivity index (χ3n) is 2.50. The van der Waals surface area contributed by atoms with Crippen molar-refractivity contribution in [1.82, 2.24) is 0 Å². The van der Waals surface area contributed by atoms with Crippen LogP contribution in [0.15, 0.2) is 18.2 Å². The molecule has 0 unspecified atom stereocenters. The Labute approximate surface area is 135 Å². The van der Waals surface area contributed by atoms with E-state index in [9.17, 15) is 18.0 Å². The van der Waals surface area contributed by atoms with E-state index in [0.29, 0.717) is 3.57 Å². The highest BCUT2D eigenvalue weighted by Crippen LogP contribution is 2.20. The standard InChI is InChI=1S/C12H14INO6S/c1-20-11(15)3-2-6-21(18,19)14-10-5-4-8(13)7-9(10)12(16)17/h4-5,7,14H,2-3,6H2,1H3,(H,16,17). The molecule has 0 aliphatic heterocycles. The number of aromatic carboxylic acids is 1. The summed E-state index contributed by atoms with van der Waals surface area (Å²) in [5, 5.41) is 9.07. The molecule has 1 aromatic carbocycles. The number of esters is 1. The molecule has 0 radical (unpaired) electrons. The highest BCUT2D eigenvalue weighted by atomic mass is 127. The van der Waals surface area contributed by atoms with Crippen molar-refractivity contribution in [2.24, 2.45) is 0 Å². The van der Waals surface area contributed by atoms with E-state index < -0.39 is 22.0 Å². The second kappa shape index (κ2) is 7.59. The van der Waals surface area contributed by atoms with Gasteiger partial charge < -0.3 is 9.84 Å². The van der Waals surface area contributed by atoms with Gasteiger partial charge in [-0.15, -0.1) is 0 Å². The number of benzene rings is 1. The Hall–Kier alpha value is -1.36. The van der Waals surface area contributed by atoms with Gasteiger partial charge in [-0.25, -0.2) is 13.2 Å². The van der Waals surface area contributed by atoms with Gasteiger partial charge in [-0.05, 0) is 47.2 Å². The number of halogens is 1. The number of carboxylic acid groups (broad SMARTS) is 1. The second-order valence-corrected chi connectivity index (χ2v) is 7.18. The molecule has 0 saturated carbocycles. The fraction of sp³-hybridized carbons (Fsp3) is 0.333. The lowest BCUT2D eigenvalue weighted by atomic mass is 10.2. The Morgan fingerprint density at radius 3 is 2.62 bits per heavy atom. The van der Waals surface area contributed by atoms with Crippen LogP contribution in [0.2, 0.25) is 0 Å². The van der Waals surface area contributed by atoms with Crippen molar-refractivity contribution in [3.8, 4) is 0 Å². The average molecular weight is 427 g/mol. The molecule has 0 spiro atoms. The smallest absolute Gasteiger partial charge is 0.337 e. The Bertz CT molecular complexity index is 643. The van der Waals surface area contributed by atoms with Crippen molar-refractivity contribution >= 4 is 50.2 Å². The van der Waals surface area contributed by atoms with Crippen LogP contribution in [0.5, 0.6) is 0 Å². The van der Waals surface area contributed by atoms with E-state index in [-0.39, 0.29) is 29.8 Å². The number of anilines is 1. The maximum atomic E-state index is 11.9. The minimum Gasteiger partial charge on any atom is -0.478 e. The summed E-state index contributed by atoms with van der Waals surface area (Å²) in [7, 11) is -2.51. The lowest BCUT2D eigenvalue weighted by Gasteiger charge is -2.10. The third kappa shape index (κ3) is 5.87. The molecule has 0 amide bonds. The zero-order chi connectivity index (χ0) is 16.0. The molecule has 2 N–H and O–H groups in total. The van der Waals surface area contributed by atoms with Gasteiger partial charge in [0.05, 0.1) is 24.1 Å². The van der Waals surface area contributed by atoms with E-state index in [1.807, 2.05) is 22.6 Å². The molecule has 1 rings (SSSR count). The topological polar surface area (TPSA) is 110 Å². The van der Waals surface area contributed by atoms with Gasteiger partial charge in [-0.1, -0.05) is 0 Å². The predicted octanol–water partition coefficient (Wildman–Crippen LogP) is 1.68. The van der Waals surface area contributed by atoms with Gasteiger partial charge in [0.2, 0.25) is 10.0 Å². The first-order chi connectivity index (χ1) is 9.75. The largest absolute Gasteiger partial charge is 0.478 e. The number of carboxylic acids is 1. The molecule has 0 fully saturated rings. The molecule has 0 aromatic heterocycles. The molecule has 21 heavy (non-hydrogen) atoms. The van der Waals surface area contributed by atoms with Crippen LogP contribution in [0, 0.1) is 3.57 Å². The Balaban J connectivity index is 2.80. The number of hydrogen-bond acceptors (Lipinski definition) is 5. The fourth-order valence-electron chi connectivity index (χ4n) is 1.51. The van der Waals surface area contributed by atoms with E-state index in [1.54, 1.807) is 6.07 Å². The summed E-state index contributed by atoms with van der Waals surface area (Å²) < 4.78 is 31.1. The van der Waals surface area contributed by atoms with Crippen molar-refractivity contribution < 1.29 is 27.9 Å². The zero-order valence-electron chi connectivity index (χ0n) is 11.1. The number of methoxy groups -OCH3 is 1. The molecular weight excluding hydrogens is 413 g/mol. The van der Waals surface area contributed by atoms with Gasteiger partial charge in [-0.3, -0.25) is 9.52 Å². The maximum Gasteiger partial charge on any atom is 0.337 e. The SMILES string of the molecule is COC(=O)CCCS(=O)(=O)Nc1ccc(I)cc1C(=O)O. The van der Waals surface area contributed by atoms with E-state index in [2.05, 4.69) is 9.46 Å². The van der Waals surface area contributed by atoms with Crippen molar-refractivity contribution in [3.05, 3.63) is 27.3 Å². The van der Waals surface area contributed by atoms with Gasteiger partial charge in [0.25, 0.3) is 0 Å². The van der Waals surface area contributed by atoms with Crippen molar-refractivity contribution in [2.45, 2.75) is 12.8 Å². The lowest BCUT2D eigenvalue weighted by molar-refractivity contribution is -0.140. The Morgan fingerprint density at radius 2 is 2.05 bits per heavy atom. The minimum atomic E-state index is -3.73. The van der Waals surface area contributed by atoms with E-state index in [0.717, 1.165) is 0 Å². The average Bonchev–Trinajstić information content (AvgIpc) is 2.39. The highest BCUT2D eigenvalue weighted by Gasteiger charge is 2.17. The van der Waals surface area contributed by atoms with E-state index >= 15 is 0 Å². The van der Waals surface area contributed by atoms with Gasteiger partial charge in [0.1, 0.15) is 0 Å². The first-order valence-electron chi connectivity index (χ1n) is 5.85. The van der Waals surface area contributed by atoms with Crippen LogP contribution in [0.4, 0.5) is 5.69 Å². The van der Waals surface area contributed by atoms with Crippen LogP contribution in [0.1, 0.15) is 23.2 Å². The maximum absolute atomic E-state index is 11.9. The van der Waals surface area contributed by atoms with Crippen LogP contribution < -0.4 is 4.72 Å². The Morgan fingerprint density at radius 1 is 1.38 bits per heavy atom. The van der Waals surface area contributed by atoms with Gasteiger partial charge in [0, 0.05) is 9.99 Å². The molecule has 0 aliphatic rings. The third-order valence-corrected chi connectivity index (χ3v) is 4.53. The summed E-state index contributed by atoms with van der Waals surface area (Å²) in [6.45, 7) is 0. The molecule has 1 aromatic rings. The first-order valence-corrected chi connectivity index (χ1v) is 8.58. The van der Waals surface area contributed by atoms with E-state index in [1.165, 1.54) is 19.2 Å². The zero-order valence-corrected chi connectivity index (χ0v) is 14.1. The number of sulfonamides is 1. The molecule has 7 nitrogen and oxygen atoms in total. The quantitative estimate of drug-likeness (QED) is 0.506. The van der Waals surface area contributed by atoms with Gasteiger partial charge in [0.15, 0.2) is 0 Å². The van der Waals surface area contributed by atoms with Gasteiger partial charge >= 0.3 is 11.9 Å². The number of ether oxygens (including phenoxy) is 1. The second-order valence-electron chi connectivity index (χ2n) is 4.10. The Kier molecular flexibility index (Phi) is 6.40. The summed E-state index contributed by atoms with van der Waals surface area (Å²) in [6, 6.07) is 4.36. The van der Waals surface area contributed by atoms with Crippen LogP contribution in [0.25, 0.3) is 0 Å². The predicted molar refractivity (Wildman–Crippen MR) is 84.8 cm³/mol. The molecule has 0 atom stereocenters. The number of hydrogen-bond donors (Lipinski definition) is 2.